The summed E-state index contributed by atoms with van der Waals surface area (Å²) in [7, 11) is 1.53. The minimum absolute atomic E-state index is 0.00315. The van der Waals surface area contributed by atoms with E-state index >= 15 is 0 Å². The fourth-order valence-corrected chi connectivity index (χ4v) is 2.91. The number of benzene rings is 2. The van der Waals surface area contributed by atoms with Gasteiger partial charge in [-0.25, -0.2) is 0 Å². The van der Waals surface area contributed by atoms with Gasteiger partial charge < -0.3 is 15.0 Å². The van der Waals surface area contributed by atoms with E-state index in [-0.39, 0.29) is 24.6 Å². The van der Waals surface area contributed by atoms with E-state index in [0.29, 0.717) is 11.4 Å². The highest BCUT2D eigenvalue weighted by atomic mass is 19.4. The van der Waals surface area contributed by atoms with Gasteiger partial charge in [-0.05, 0) is 42.5 Å². The second-order valence-corrected chi connectivity index (χ2v) is 6.17. The molecule has 1 unspecified atom stereocenters. The third-order valence-corrected chi connectivity index (χ3v) is 4.34. The first kappa shape index (κ1) is 18.8. The van der Waals surface area contributed by atoms with E-state index in [1.165, 1.54) is 24.1 Å². The second-order valence-electron chi connectivity index (χ2n) is 6.17. The molecule has 0 aliphatic carbocycles. The molecule has 1 N–H and O–H groups in total. The number of nitrogens with one attached hydrogen (secondary N) is 1. The summed E-state index contributed by atoms with van der Waals surface area (Å²) in [4.78, 5) is 26.1. The van der Waals surface area contributed by atoms with Gasteiger partial charge in [0.25, 0.3) is 0 Å². The Morgan fingerprint density at radius 2 is 1.89 bits per heavy atom. The van der Waals surface area contributed by atoms with Gasteiger partial charge in [-0.2, -0.15) is 13.2 Å². The van der Waals surface area contributed by atoms with Crippen molar-refractivity contribution in [2.45, 2.75) is 12.6 Å². The number of rotatable bonds is 4. The molecule has 1 fully saturated rings. The molecule has 2 aromatic rings. The topological polar surface area (TPSA) is 58.6 Å². The number of nitrogens with zero attached hydrogens (tertiary/aromatic N) is 1. The molecule has 142 valence electrons. The highest BCUT2D eigenvalue weighted by Gasteiger charge is 2.35. The molecule has 1 aliphatic rings. The lowest BCUT2D eigenvalue weighted by Crippen LogP contribution is -2.28. The Hall–Kier alpha value is -3.03. The molecular formula is C19H17F3N2O3. The molecule has 3 rings (SSSR count). The summed E-state index contributed by atoms with van der Waals surface area (Å²) >= 11 is 0. The Bertz CT molecular complexity index is 850. The van der Waals surface area contributed by atoms with Crippen LogP contribution in [0.2, 0.25) is 0 Å². The number of hydrogen-bond acceptors (Lipinski definition) is 3. The normalized spacial score (nSPS) is 17.1. The van der Waals surface area contributed by atoms with Gasteiger partial charge in [0.1, 0.15) is 5.75 Å². The largest absolute Gasteiger partial charge is 0.497 e. The highest BCUT2D eigenvalue weighted by Crippen LogP contribution is 2.31. The Labute approximate surface area is 153 Å². The first-order chi connectivity index (χ1) is 12.8. The van der Waals surface area contributed by atoms with Crippen LogP contribution in [0.4, 0.5) is 24.5 Å². The predicted molar refractivity (Wildman–Crippen MR) is 93.5 cm³/mol. The molecule has 1 aliphatic heterocycles. The number of amides is 2. The lowest BCUT2D eigenvalue weighted by molar-refractivity contribution is -0.137. The van der Waals surface area contributed by atoms with Crippen LogP contribution in [0.3, 0.4) is 0 Å². The summed E-state index contributed by atoms with van der Waals surface area (Å²) in [5.41, 5.74) is -0.164. The molecule has 1 atom stereocenters. The minimum Gasteiger partial charge on any atom is -0.497 e. The fourth-order valence-electron chi connectivity index (χ4n) is 2.91. The number of alkyl halides is 3. The maximum Gasteiger partial charge on any atom is 0.416 e. The molecule has 0 aromatic heterocycles. The Morgan fingerprint density at radius 1 is 1.19 bits per heavy atom. The van der Waals surface area contributed by atoms with E-state index < -0.39 is 23.6 Å². The third kappa shape index (κ3) is 4.21. The van der Waals surface area contributed by atoms with E-state index in [2.05, 4.69) is 5.32 Å². The molecule has 0 spiro atoms. The van der Waals surface area contributed by atoms with Crippen LogP contribution < -0.4 is 15.0 Å². The van der Waals surface area contributed by atoms with Gasteiger partial charge in [-0.1, -0.05) is 6.07 Å². The van der Waals surface area contributed by atoms with Crippen LogP contribution in [-0.2, 0) is 15.8 Å². The molecule has 0 saturated carbocycles. The van der Waals surface area contributed by atoms with Crippen molar-refractivity contribution >= 4 is 23.2 Å². The van der Waals surface area contributed by atoms with Crippen LogP contribution in [0.15, 0.2) is 48.5 Å². The maximum absolute atomic E-state index is 12.8. The zero-order valence-electron chi connectivity index (χ0n) is 14.4. The molecule has 1 heterocycles. The van der Waals surface area contributed by atoms with Gasteiger partial charge in [0.2, 0.25) is 11.8 Å². The number of methoxy groups -OCH3 is 1. The average Bonchev–Trinajstić information content (AvgIpc) is 3.03. The first-order valence-electron chi connectivity index (χ1n) is 8.20. The summed E-state index contributed by atoms with van der Waals surface area (Å²) in [5, 5.41) is 2.47. The van der Waals surface area contributed by atoms with Crippen molar-refractivity contribution in [2.24, 2.45) is 5.92 Å². The van der Waals surface area contributed by atoms with Crippen LogP contribution in [0.1, 0.15) is 12.0 Å². The number of ether oxygens (including phenoxy) is 1. The Balaban J connectivity index is 1.68. The van der Waals surface area contributed by atoms with Crippen molar-refractivity contribution < 1.29 is 27.5 Å². The molecule has 2 aromatic carbocycles. The van der Waals surface area contributed by atoms with Crippen LogP contribution in [0, 0.1) is 5.92 Å². The number of carbonyl (C=O) groups is 2. The van der Waals surface area contributed by atoms with Crippen molar-refractivity contribution in [3.05, 3.63) is 54.1 Å². The van der Waals surface area contributed by atoms with Crippen LogP contribution >= 0.6 is 0 Å². The quantitative estimate of drug-likeness (QED) is 0.883. The summed E-state index contributed by atoms with van der Waals surface area (Å²) in [6, 6.07) is 11.2. The van der Waals surface area contributed by atoms with Crippen molar-refractivity contribution in [2.75, 3.05) is 23.9 Å². The Kier molecular flexibility index (Phi) is 5.07. The van der Waals surface area contributed by atoms with Crippen LogP contribution in [0.25, 0.3) is 0 Å². The van der Waals surface area contributed by atoms with E-state index in [9.17, 15) is 22.8 Å². The number of anilines is 2. The van der Waals surface area contributed by atoms with E-state index in [0.717, 1.165) is 12.1 Å². The molecule has 1 saturated heterocycles. The van der Waals surface area contributed by atoms with Crippen molar-refractivity contribution in [1.29, 1.82) is 0 Å². The van der Waals surface area contributed by atoms with Gasteiger partial charge >= 0.3 is 6.18 Å². The maximum atomic E-state index is 12.8. The predicted octanol–water partition coefficient (Wildman–Crippen LogP) is 3.71. The number of hydrogen-bond donors (Lipinski definition) is 1. The van der Waals surface area contributed by atoms with Gasteiger partial charge in [0.05, 0.1) is 18.6 Å². The van der Waals surface area contributed by atoms with Crippen LogP contribution in [0.5, 0.6) is 5.75 Å². The average molecular weight is 378 g/mol. The summed E-state index contributed by atoms with van der Waals surface area (Å²) in [5.74, 6) is -0.707. The standard InChI is InChI=1S/C19H17F3N2O3/c1-27-16-7-5-15(6-8-16)24-11-12(9-17(24)25)18(26)23-14-4-2-3-13(10-14)19(20,21)22/h2-8,10,12H,9,11H2,1H3,(H,23,26). The van der Waals surface area contributed by atoms with Gasteiger partial charge in [-0.15, -0.1) is 0 Å². The van der Waals surface area contributed by atoms with E-state index in [4.69, 9.17) is 4.74 Å². The van der Waals surface area contributed by atoms with Gasteiger partial charge in [0.15, 0.2) is 0 Å². The summed E-state index contributed by atoms with van der Waals surface area (Å²) in [6.07, 6.45) is -4.49. The molecule has 0 bridgehead atoms. The molecule has 2 amide bonds. The first-order valence-corrected chi connectivity index (χ1v) is 8.20. The summed E-state index contributed by atoms with van der Waals surface area (Å²) < 4.78 is 43.4. The third-order valence-electron chi connectivity index (χ3n) is 4.34. The van der Waals surface area contributed by atoms with Crippen molar-refractivity contribution in [3.8, 4) is 5.75 Å². The van der Waals surface area contributed by atoms with Gasteiger partial charge in [0, 0.05) is 24.3 Å². The minimum atomic E-state index is -4.49. The molecule has 8 heteroatoms. The number of halogens is 3. The Morgan fingerprint density at radius 3 is 2.52 bits per heavy atom. The monoisotopic (exact) mass is 378 g/mol. The smallest absolute Gasteiger partial charge is 0.416 e. The SMILES string of the molecule is COc1ccc(N2CC(C(=O)Nc3cccc(C(F)(F)F)c3)CC2=O)cc1. The lowest BCUT2D eigenvalue weighted by Gasteiger charge is -2.17. The number of carbonyl (C=O) groups excluding carboxylic acids is 2. The van der Waals surface area contributed by atoms with Crippen molar-refractivity contribution in [1.82, 2.24) is 0 Å². The van der Waals surface area contributed by atoms with Gasteiger partial charge in [-0.3, -0.25) is 9.59 Å². The van der Waals surface area contributed by atoms with E-state index in [1.54, 1.807) is 24.3 Å². The molecule has 5 nitrogen and oxygen atoms in total. The van der Waals surface area contributed by atoms with E-state index in [1.807, 2.05) is 0 Å². The van der Waals surface area contributed by atoms with Crippen LogP contribution in [-0.4, -0.2) is 25.5 Å². The molecule has 27 heavy (non-hydrogen) atoms. The zero-order valence-corrected chi connectivity index (χ0v) is 14.4. The lowest BCUT2D eigenvalue weighted by atomic mass is 10.1. The zero-order chi connectivity index (χ0) is 19.6. The fraction of sp³-hybridized carbons (Fsp3) is 0.263. The summed E-state index contributed by atoms with van der Waals surface area (Å²) in [6.45, 7) is 0.163. The molecule has 0 radical (unpaired) electrons. The molecular weight excluding hydrogens is 361 g/mol. The highest BCUT2D eigenvalue weighted by molar-refractivity contribution is 6.03. The second kappa shape index (κ2) is 7.30. The van der Waals surface area contributed by atoms with Crippen molar-refractivity contribution in [3.63, 3.8) is 0 Å².